The van der Waals surface area contributed by atoms with E-state index in [1.165, 1.54) is 23.1 Å². The average Bonchev–Trinajstić information content (AvgIpc) is 3.29. The van der Waals surface area contributed by atoms with Crippen LogP contribution in [0.25, 0.3) is 0 Å². The lowest BCUT2D eigenvalue weighted by Crippen LogP contribution is -2.52. The molecule has 36 heavy (non-hydrogen) atoms. The zero-order chi connectivity index (χ0) is 26.6. The molecule has 196 valence electrons. The van der Waals surface area contributed by atoms with Crippen LogP contribution in [0.3, 0.4) is 0 Å². The van der Waals surface area contributed by atoms with Crippen LogP contribution in [0.5, 0.6) is 0 Å². The Morgan fingerprint density at radius 2 is 1.58 bits per heavy atom. The zero-order valence-electron chi connectivity index (χ0n) is 19.8. The van der Waals surface area contributed by atoms with Crippen molar-refractivity contribution in [2.75, 3.05) is 17.1 Å². The molecule has 0 bridgehead atoms. The molecular weight excluding hydrogens is 568 g/mol. The van der Waals surface area contributed by atoms with Gasteiger partial charge >= 0.3 is 0 Å². The summed E-state index contributed by atoms with van der Waals surface area (Å²) in [6, 6.07) is 8.29. The molecule has 0 unspecified atom stereocenters. The summed E-state index contributed by atoms with van der Waals surface area (Å²) in [6.07, 6.45) is 4.81. The van der Waals surface area contributed by atoms with Crippen molar-refractivity contribution in [3.05, 3.63) is 62.1 Å². The van der Waals surface area contributed by atoms with Gasteiger partial charge in [-0.05, 0) is 55.7 Å². The molecule has 2 aromatic rings. The minimum Gasteiger partial charge on any atom is -0.352 e. The van der Waals surface area contributed by atoms with Crippen molar-refractivity contribution in [2.45, 2.75) is 51.2 Å². The van der Waals surface area contributed by atoms with Gasteiger partial charge < -0.3 is 10.2 Å². The van der Waals surface area contributed by atoms with Crippen LogP contribution in [0, 0.1) is 0 Å². The molecule has 0 heterocycles. The molecule has 0 saturated heterocycles. The Morgan fingerprint density at radius 3 is 2.14 bits per heavy atom. The molecule has 1 N–H and O–H groups in total. The van der Waals surface area contributed by atoms with Crippen LogP contribution in [0.2, 0.25) is 20.1 Å². The maximum Gasteiger partial charge on any atom is 0.244 e. The number of hydrogen-bond acceptors (Lipinski definition) is 4. The molecule has 1 atom stereocenters. The fraction of sp³-hybridized carbons (Fsp3) is 0.417. The van der Waals surface area contributed by atoms with Crippen molar-refractivity contribution < 1.29 is 18.0 Å². The molecule has 1 aliphatic rings. The van der Waals surface area contributed by atoms with Gasteiger partial charge in [-0.1, -0.05) is 65.3 Å². The number of benzene rings is 2. The van der Waals surface area contributed by atoms with E-state index in [1.54, 1.807) is 25.1 Å². The first-order valence-corrected chi connectivity index (χ1v) is 14.7. The van der Waals surface area contributed by atoms with Crippen LogP contribution < -0.4 is 9.62 Å². The number of amides is 2. The van der Waals surface area contributed by atoms with Gasteiger partial charge in [-0.3, -0.25) is 13.9 Å². The van der Waals surface area contributed by atoms with E-state index in [1.807, 2.05) is 0 Å². The van der Waals surface area contributed by atoms with Crippen molar-refractivity contribution in [3.8, 4) is 0 Å². The van der Waals surface area contributed by atoms with Crippen LogP contribution in [0.1, 0.15) is 38.2 Å². The van der Waals surface area contributed by atoms with Gasteiger partial charge in [0.25, 0.3) is 0 Å². The molecule has 1 saturated carbocycles. The van der Waals surface area contributed by atoms with Crippen molar-refractivity contribution in [2.24, 2.45) is 0 Å². The predicted octanol–water partition coefficient (Wildman–Crippen LogP) is 5.54. The van der Waals surface area contributed by atoms with E-state index in [0.717, 1.165) is 36.2 Å². The molecule has 0 aromatic heterocycles. The largest absolute Gasteiger partial charge is 0.352 e. The summed E-state index contributed by atoms with van der Waals surface area (Å²) in [5, 5.41) is 4.14. The third-order valence-corrected chi connectivity index (χ3v) is 8.33. The van der Waals surface area contributed by atoms with E-state index in [9.17, 15) is 18.0 Å². The first-order chi connectivity index (χ1) is 16.9. The van der Waals surface area contributed by atoms with Crippen molar-refractivity contribution in [1.82, 2.24) is 10.2 Å². The van der Waals surface area contributed by atoms with Crippen LogP contribution in [-0.4, -0.2) is 50.0 Å². The molecule has 2 amide bonds. The summed E-state index contributed by atoms with van der Waals surface area (Å²) >= 11 is 24.6. The van der Waals surface area contributed by atoms with Gasteiger partial charge in [-0.25, -0.2) is 8.42 Å². The predicted molar refractivity (Wildman–Crippen MR) is 146 cm³/mol. The smallest absolute Gasteiger partial charge is 0.244 e. The van der Waals surface area contributed by atoms with Gasteiger partial charge in [0.15, 0.2) is 0 Å². The number of nitrogens with one attached hydrogen (secondary N) is 1. The Balaban J connectivity index is 1.93. The monoisotopic (exact) mass is 593 g/mol. The van der Waals surface area contributed by atoms with Gasteiger partial charge in [0, 0.05) is 27.7 Å². The first-order valence-electron chi connectivity index (χ1n) is 11.3. The Hall–Kier alpha value is -1.71. The maximum atomic E-state index is 13.6. The summed E-state index contributed by atoms with van der Waals surface area (Å²) in [4.78, 5) is 28.0. The van der Waals surface area contributed by atoms with Gasteiger partial charge in [-0.15, -0.1) is 0 Å². The highest BCUT2D eigenvalue weighted by Crippen LogP contribution is 2.31. The molecule has 1 fully saturated rings. The van der Waals surface area contributed by atoms with Crippen LogP contribution in [0.15, 0.2) is 36.4 Å². The summed E-state index contributed by atoms with van der Waals surface area (Å²) in [5.41, 5.74) is 0.662. The van der Waals surface area contributed by atoms with Crippen molar-refractivity contribution >= 4 is 73.9 Å². The number of rotatable bonds is 9. The summed E-state index contributed by atoms with van der Waals surface area (Å²) in [5.74, 6) is -0.928. The number of anilines is 1. The SMILES string of the molecule is C[C@@H](C(=O)NC1CCCC1)N(Cc1ccc(Cl)cc1Cl)C(=O)CN(c1ccc(Cl)cc1Cl)S(C)(=O)=O. The lowest BCUT2D eigenvalue weighted by molar-refractivity contribution is -0.139. The van der Waals surface area contributed by atoms with Crippen molar-refractivity contribution in [1.29, 1.82) is 0 Å². The van der Waals surface area contributed by atoms with E-state index >= 15 is 0 Å². The van der Waals surface area contributed by atoms with E-state index in [2.05, 4.69) is 5.32 Å². The minimum absolute atomic E-state index is 0.0277. The molecule has 2 aromatic carbocycles. The summed E-state index contributed by atoms with van der Waals surface area (Å²) in [6.45, 7) is 0.999. The molecule has 12 heteroatoms. The Labute approximate surface area is 231 Å². The fourth-order valence-electron chi connectivity index (χ4n) is 4.09. The standard InChI is InChI=1S/C24H27Cl4N3O4S/c1-15(24(33)29-19-5-3-4-6-19)30(13-16-7-8-17(25)11-20(16)27)23(32)14-31(36(2,34)35)22-10-9-18(26)12-21(22)28/h7-12,15,19H,3-6,13-14H2,1-2H3,(H,29,33)/t15-/m0/s1. The molecule has 0 radical (unpaired) electrons. The summed E-state index contributed by atoms with van der Waals surface area (Å²) < 4.78 is 26.2. The molecular formula is C24H27Cl4N3O4S. The number of sulfonamides is 1. The van der Waals surface area contributed by atoms with Gasteiger partial charge in [-0.2, -0.15) is 0 Å². The number of carbonyl (C=O) groups is 2. The second-order valence-corrected chi connectivity index (χ2v) is 12.4. The third-order valence-electron chi connectivity index (χ3n) is 6.08. The summed E-state index contributed by atoms with van der Waals surface area (Å²) in [7, 11) is -3.92. The molecule has 0 aliphatic heterocycles. The van der Waals surface area contributed by atoms with Gasteiger partial charge in [0.05, 0.1) is 17.0 Å². The molecule has 7 nitrogen and oxygen atoms in total. The maximum absolute atomic E-state index is 13.6. The zero-order valence-corrected chi connectivity index (χ0v) is 23.6. The lowest BCUT2D eigenvalue weighted by atomic mass is 10.1. The Morgan fingerprint density at radius 1 is 1.00 bits per heavy atom. The van der Waals surface area contributed by atoms with E-state index in [0.29, 0.717) is 20.6 Å². The Bertz CT molecular complexity index is 1240. The van der Waals surface area contributed by atoms with Gasteiger partial charge in [0.2, 0.25) is 21.8 Å². The molecule has 1 aliphatic carbocycles. The fourth-order valence-corrected chi connectivity index (χ4v) is 5.98. The highest BCUT2D eigenvalue weighted by Gasteiger charge is 2.32. The number of hydrogen-bond donors (Lipinski definition) is 1. The number of nitrogens with zero attached hydrogens (tertiary/aromatic N) is 2. The van der Waals surface area contributed by atoms with E-state index < -0.39 is 28.5 Å². The number of carbonyl (C=O) groups excluding carboxylic acids is 2. The second-order valence-electron chi connectivity index (χ2n) is 8.79. The molecule has 0 spiro atoms. The van der Waals surface area contributed by atoms with E-state index in [4.69, 9.17) is 46.4 Å². The highest BCUT2D eigenvalue weighted by atomic mass is 35.5. The minimum atomic E-state index is -3.92. The number of halogens is 4. The topological polar surface area (TPSA) is 86.8 Å². The third kappa shape index (κ3) is 7.42. The normalized spacial score (nSPS) is 14.9. The highest BCUT2D eigenvalue weighted by molar-refractivity contribution is 7.92. The second kappa shape index (κ2) is 12.2. The molecule has 3 rings (SSSR count). The van der Waals surface area contributed by atoms with Crippen molar-refractivity contribution in [3.63, 3.8) is 0 Å². The van der Waals surface area contributed by atoms with E-state index in [-0.39, 0.29) is 29.2 Å². The van der Waals surface area contributed by atoms with Crippen LogP contribution in [-0.2, 0) is 26.2 Å². The van der Waals surface area contributed by atoms with Crippen LogP contribution >= 0.6 is 46.4 Å². The first kappa shape index (κ1) is 28.9. The van der Waals surface area contributed by atoms with Crippen LogP contribution in [0.4, 0.5) is 5.69 Å². The van der Waals surface area contributed by atoms with Gasteiger partial charge in [0.1, 0.15) is 12.6 Å². The average molecular weight is 595 g/mol. The lowest BCUT2D eigenvalue weighted by Gasteiger charge is -2.32. The Kier molecular flexibility index (Phi) is 9.80. The quantitative estimate of drug-likeness (QED) is 0.413.